The molecule has 308 valence electrons. The van der Waals surface area contributed by atoms with Crippen LogP contribution in [0.5, 0.6) is 0 Å². The van der Waals surface area contributed by atoms with Gasteiger partial charge in [0.05, 0.1) is 15.1 Å². The van der Waals surface area contributed by atoms with E-state index in [1.807, 2.05) is 41.5 Å². The first kappa shape index (κ1) is 63.1. The third-order valence-electron chi connectivity index (χ3n) is 5.15. The molecule has 0 fully saturated rings. The number of rotatable bonds is 13. The molecule has 0 spiro atoms. The van der Waals surface area contributed by atoms with Crippen LogP contribution >= 0.6 is 34.7 Å². The van der Waals surface area contributed by atoms with Crippen LogP contribution in [-0.2, 0) is 30.8 Å². The Kier molecular flexibility index (Phi) is 48.7. The molecule has 3 unspecified atom stereocenters. The molecule has 4 N–H and O–H groups in total. The van der Waals surface area contributed by atoms with Crippen molar-refractivity contribution >= 4 is 65.5 Å². The average molecular weight is 945 g/mol. The van der Waals surface area contributed by atoms with Crippen LogP contribution in [0.2, 0.25) is 0 Å². The Labute approximate surface area is 366 Å². The first-order chi connectivity index (χ1) is 25.7. The van der Waals surface area contributed by atoms with E-state index >= 15 is 0 Å². The molecule has 0 radical (unpaired) electrons. The van der Waals surface area contributed by atoms with Crippen molar-refractivity contribution in [3.8, 4) is 0 Å². The number of alkyl halides is 1. The van der Waals surface area contributed by atoms with Crippen molar-refractivity contribution in [2.45, 2.75) is 56.2 Å². The predicted molar refractivity (Wildman–Crippen MR) is 231 cm³/mol. The van der Waals surface area contributed by atoms with E-state index in [9.17, 15) is 38.8 Å². The number of nitrogens with one attached hydrogen (secondary N) is 2. The largest absolute Gasteiger partial charge is 1.00 e. The smallest absolute Gasteiger partial charge is 0.768 e. The zero-order valence-corrected chi connectivity index (χ0v) is 40.9. The van der Waals surface area contributed by atoms with Gasteiger partial charge in [0.2, 0.25) is 0 Å². The van der Waals surface area contributed by atoms with E-state index in [1.165, 1.54) is 36.4 Å². The molecule has 0 bridgehead atoms. The zero-order chi connectivity index (χ0) is 42.4. The Morgan fingerprint density at radius 2 is 0.982 bits per heavy atom. The van der Waals surface area contributed by atoms with E-state index in [-0.39, 0.29) is 58.3 Å². The summed E-state index contributed by atoms with van der Waals surface area (Å²) in [6.45, 7) is 12.8. The van der Waals surface area contributed by atoms with Crippen molar-refractivity contribution < 1.29 is 68.3 Å². The van der Waals surface area contributed by atoms with Crippen molar-refractivity contribution in [3.05, 3.63) is 127 Å². The summed E-state index contributed by atoms with van der Waals surface area (Å²) in [5.41, 5.74) is 5.08. The summed E-state index contributed by atoms with van der Waals surface area (Å²) in [5, 5.41) is 5.65. The average Bonchev–Trinajstić information content (AvgIpc) is 3.20. The van der Waals surface area contributed by atoms with Gasteiger partial charge >= 0.3 is 29.6 Å². The van der Waals surface area contributed by atoms with Crippen LogP contribution in [0.3, 0.4) is 0 Å². The topological polar surface area (TPSA) is 158 Å². The van der Waals surface area contributed by atoms with Crippen molar-refractivity contribution in [1.29, 1.82) is 0 Å². The monoisotopic (exact) mass is 943 g/mol. The van der Waals surface area contributed by atoms with Gasteiger partial charge in [-0.1, -0.05) is 131 Å². The number of benzene rings is 3. The van der Waals surface area contributed by atoms with Gasteiger partial charge in [-0.25, -0.2) is 30.0 Å². The van der Waals surface area contributed by atoms with E-state index in [4.69, 9.17) is 5.73 Å². The second-order valence-corrected chi connectivity index (χ2v) is 15.1. The van der Waals surface area contributed by atoms with Gasteiger partial charge in [0, 0.05) is 24.5 Å². The first-order valence-corrected chi connectivity index (χ1v) is 23.3. The first-order valence-electron chi connectivity index (χ1n) is 16.6. The summed E-state index contributed by atoms with van der Waals surface area (Å²) in [7, 11) is -2.65. The third kappa shape index (κ3) is 35.8. The second-order valence-electron chi connectivity index (χ2n) is 8.83. The standard InChI is InChI=1S/C10H13FNO2PS.C10H12FNO2S.C6H6O2S.C4H8BrFNP.3C2H6.Na/c11-9(6-7-12-15)8-16(13,14)10-4-2-1-3-5-10;11-9(6-7-12)8-15(13,14)10-4-2-1-3-5-10;7-9(8)6-4-2-1-3-5-6;5-3-4(6)1-2-7-8;3*1-2;/h1-6,12H,7-8,15H2;1-6H,7-8,12H2;1-5H,(H,7,8);1,7H,2-3,8H2;3*1-2H3;/q;;;;;;;+1/p-1/b2*9-6-;;4-1-;;;;. The fraction of sp³-hybridized carbons (Fsp3) is 0.333. The molecule has 3 rings (SSSR count). The van der Waals surface area contributed by atoms with Crippen LogP contribution in [0.25, 0.3) is 0 Å². The Balaban J connectivity index is -0.000000198. The number of hydrogen-bond donors (Lipinski definition) is 3. The van der Waals surface area contributed by atoms with Crippen molar-refractivity contribution in [1.82, 2.24) is 10.2 Å². The van der Waals surface area contributed by atoms with Crippen LogP contribution in [0.15, 0.2) is 141 Å². The quantitative estimate of drug-likeness (QED) is 0.0861. The minimum Gasteiger partial charge on any atom is -0.768 e. The molecule has 3 aromatic carbocycles. The molecule has 0 aliphatic rings. The summed E-state index contributed by atoms with van der Waals surface area (Å²) in [6, 6.07) is 23.8. The summed E-state index contributed by atoms with van der Waals surface area (Å²) < 4.78 is 105. The molecule has 0 aliphatic heterocycles. The van der Waals surface area contributed by atoms with Crippen LogP contribution in [0.4, 0.5) is 13.2 Å². The minimum absolute atomic E-state index is 0. The predicted octanol–water partition coefficient (Wildman–Crippen LogP) is 5.59. The van der Waals surface area contributed by atoms with Crippen LogP contribution in [0.1, 0.15) is 41.5 Å². The number of sulfone groups is 2. The number of halogens is 4. The Hall–Kier alpha value is -1.10. The molecule has 0 saturated heterocycles. The van der Waals surface area contributed by atoms with Gasteiger partial charge in [0.15, 0.2) is 19.7 Å². The normalized spacial score (nSPS) is 11.4. The molecule has 0 amide bonds. The maximum Gasteiger partial charge on any atom is 1.00 e. The maximum absolute atomic E-state index is 13.2. The zero-order valence-electron chi connectivity index (χ0n) is 32.6. The van der Waals surface area contributed by atoms with Gasteiger partial charge in [0.1, 0.15) is 29.0 Å². The Morgan fingerprint density at radius 1 is 0.673 bits per heavy atom. The van der Waals surface area contributed by atoms with Gasteiger partial charge < -0.3 is 10.3 Å². The SMILES string of the molecule is CC.CC.CC.F/C(=C\CNP)CBr.NC/C=C(\F)CS(=O)(=O)c1ccccc1.O=S(=O)(C/C(F)=C/CNP)c1ccccc1.O=S([O-])c1ccccc1.[Na+]. The molecular weight excluding hydrogens is 888 g/mol. The van der Waals surface area contributed by atoms with E-state index in [0.717, 1.165) is 6.08 Å². The fourth-order valence-corrected chi connectivity index (χ4v) is 6.24. The molecule has 0 aliphatic carbocycles. The minimum atomic E-state index is -3.58. The molecule has 0 heterocycles. The van der Waals surface area contributed by atoms with E-state index < -0.39 is 53.9 Å². The maximum atomic E-state index is 13.2. The molecule has 3 aromatic rings. The molecule has 9 nitrogen and oxygen atoms in total. The van der Waals surface area contributed by atoms with E-state index in [0.29, 0.717) is 16.8 Å². The molecule has 55 heavy (non-hydrogen) atoms. The van der Waals surface area contributed by atoms with Crippen molar-refractivity contribution in [3.63, 3.8) is 0 Å². The number of hydrogen-bond acceptors (Lipinski definition) is 9. The Bertz CT molecular complexity index is 1670. The van der Waals surface area contributed by atoms with Gasteiger partial charge in [-0.3, -0.25) is 14.4 Å². The molecule has 0 saturated carbocycles. The van der Waals surface area contributed by atoms with Crippen molar-refractivity contribution in [2.75, 3.05) is 36.5 Å². The number of allylic oxidation sites excluding steroid dienone is 1. The van der Waals surface area contributed by atoms with Crippen LogP contribution < -0.4 is 45.5 Å². The second kappa shape index (κ2) is 42.5. The van der Waals surface area contributed by atoms with E-state index in [2.05, 4.69) is 44.9 Å². The summed E-state index contributed by atoms with van der Waals surface area (Å²) in [4.78, 5) is 0.584. The van der Waals surface area contributed by atoms with Crippen molar-refractivity contribution in [2.24, 2.45) is 5.73 Å². The van der Waals surface area contributed by atoms with Gasteiger partial charge in [-0.05, 0) is 65.7 Å². The van der Waals surface area contributed by atoms with Gasteiger partial charge in [-0.15, -0.1) is 0 Å². The van der Waals surface area contributed by atoms with Gasteiger partial charge in [-0.2, -0.15) is 0 Å². The summed E-state index contributed by atoms with van der Waals surface area (Å²) in [5.74, 6) is -2.74. The number of nitrogens with two attached hydrogens (primary N) is 1. The molecule has 19 heteroatoms. The molecular formula is C36H56BrF3N3NaO6P2S3. The van der Waals surface area contributed by atoms with E-state index in [1.54, 1.807) is 66.7 Å². The van der Waals surface area contributed by atoms with Crippen LogP contribution in [0, 0.1) is 0 Å². The molecule has 3 atom stereocenters. The molecule has 0 aromatic heterocycles. The Morgan fingerprint density at radius 3 is 1.25 bits per heavy atom. The summed E-state index contributed by atoms with van der Waals surface area (Å²) >= 11 is 0.888. The summed E-state index contributed by atoms with van der Waals surface area (Å²) in [6.07, 6.45) is 3.73. The van der Waals surface area contributed by atoms with Gasteiger partial charge in [0.25, 0.3) is 0 Å². The fourth-order valence-electron chi connectivity index (χ4n) is 2.96. The third-order valence-corrected chi connectivity index (χ3v) is 10.1. The van der Waals surface area contributed by atoms with Crippen LogP contribution in [-0.4, -0.2) is 62.1 Å².